The Labute approximate surface area is 234 Å². The van der Waals surface area contributed by atoms with E-state index >= 15 is 0 Å². The van der Waals surface area contributed by atoms with Crippen LogP contribution in [0.25, 0.3) is 22.4 Å². The summed E-state index contributed by atoms with van der Waals surface area (Å²) in [5.41, 5.74) is 4.96. The van der Waals surface area contributed by atoms with Crippen LogP contribution in [0.3, 0.4) is 0 Å². The Morgan fingerprint density at radius 1 is 0.950 bits per heavy atom. The van der Waals surface area contributed by atoms with Crippen molar-refractivity contribution in [2.75, 3.05) is 19.6 Å². The zero-order chi connectivity index (χ0) is 27.5. The van der Waals surface area contributed by atoms with E-state index in [9.17, 15) is 9.59 Å². The molecule has 2 fully saturated rings. The lowest BCUT2D eigenvalue weighted by molar-refractivity contribution is 0.0696. The van der Waals surface area contributed by atoms with Crippen LogP contribution in [-0.4, -0.2) is 51.1 Å². The number of aromatic nitrogens is 2. The molecule has 8 nitrogen and oxygen atoms in total. The Balaban J connectivity index is 1.07. The number of benzene rings is 2. The first-order valence-electron chi connectivity index (χ1n) is 14.4. The summed E-state index contributed by atoms with van der Waals surface area (Å²) in [7, 11) is 0. The minimum Gasteiger partial charge on any atom is -0.478 e. The molecule has 2 aliphatic rings. The van der Waals surface area contributed by atoms with Gasteiger partial charge in [-0.1, -0.05) is 31.4 Å². The molecule has 0 atom stereocenters. The third-order valence-corrected chi connectivity index (χ3v) is 8.54. The number of carbonyl (C=O) groups is 2. The van der Waals surface area contributed by atoms with Gasteiger partial charge in [-0.05, 0) is 86.7 Å². The number of piperidine rings is 1. The third kappa shape index (κ3) is 5.68. The molecule has 40 heavy (non-hydrogen) atoms. The number of nitrogens with zero attached hydrogens (tertiary/aromatic N) is 3. The topological polar surface area (TPSA) is 101 Å². The van der Waals surface area contributed by atoms with Crippen LogP contribution in [0, 0.1) is 5.92 Å². The highest BCUT2D eigenvalue weighted by molar-refractivity contribution is 5.98. The first-order valence-corrected chi connectivity index (χ1v) is 14.4. The quantitative estimate of drug-likeness (QED) is 0.278. The molecular formula is C32H36N4O4. The van der Waals surface area contributed by atoms with Gasteiger partial charge in [0.15, 0.2) is 0 Å². The smallest absolute Gasteiger partial charge is 0.335 e. The summed E-state index contributed by atoms with van der Waals surface area (Å²) in [5, 5.41) is 12.2. The number of hydrogen-bond acceptors (Lipinski definition) is 5. The molecule has 2 N–H and O–H groups in total. The second kappa shape index (κ2) is 11.7. The van der Waals surface area contributed by atoms with Crippen molar-refractivity contribution >= 4 is 22.9 Å². The summed E-state index contributed by atoms with van der Waals surface area (Å²) in [5.74, 6) is 0.400. The maximum absolute atomic E-state index is 13.1. The summed E-state index contributed by atoms with van der Waals surface area (Å²) in [6.45, 7) is 3.40. The van der Waals surface area contributed by atoms with Crippen LogP contribution < -0.4 is 5.32 Å². The monoisotopic (exact) mass is 540 g/mol. The summed E-state index contributed by atoms with van der Waals surface area (Å²) in [6.07, 6.45) is 11.5. The minimum absolute atomic E-state index is 0.0556. The molecule has 1 saturated carbocycles. The van der Waals surface area contributed by atoms with Crippen LogP contribution in [0.15, 0.2) is 65.5 Å². The average Bonchev–Trinajstić information content (AvgIpc) is 3.65. The summed E-state index contributed by atoms with van der Waals surface area (Å²) >= 11 is 0. The fourth-order valence-corrected chi connectivity index (χ4v) is 6.24. The number of carboxylic acids is 1. The molecule has 2 aromatic heterocycles. The zero-order valence-corrected chi connectivity index (χ0v) is 22.7. The van der Waals surface area contributed by atoms with Gasteiger partial charge in [-0.2, -0.15) is 0 Å². The number of carbonyl (C=O) groups excluding carboxylic acids is 1. The molecule has 1 amide bonds. The fraction of sp³-hybridized carbons (Fsp3) is 0.406. The van der Waals surface area contributed by atoms with E-state index in [4.69, 9.17) is 14.5 Å². The number of likely N-dealkylation sites (tertiary alicyclic amines) is 1. The van der Waals surface area contributed by atoms with Crippen LogP contribution >= 0.6 is 0 Å². The molecule has 1 aliphatic heterocycles. The molecule has 0 spiro atoms. The van der Waals surface area contributed by atoms with Crippen molar-refractivity contribution in [3.05, 3.63) is 77.7 Å². The number of nitrogens with one attached hydrogen (secondary N) is 1. The minimum atomic E-state index is -0.901. The molecule has 1 aliphatic carbocycles. The highest BCUT2D eigenvalue weighted by Gasteiger charge is 2.24. The van der Waals surface area contributed by atoms with Crippen molar-refractivity contribution in [2.24, 2.45) is 5.92 Å². The molecule has 8 heteroatoms. The number of carboxylic acid groups (broad SMARTS) is 1. The summed E-state index contributed by atoms with van der Waals surface area (Å²) in [4.78, 5) is 31.5. The van der Waals surface area contributed by atoms with Crippen LogP contribution in [0.4, 0.5) is 0 Å². The van der Waals surface area contributed by atoms with Crippen LogP contribution in [0.1, 0.15) is 77.3 Å². The average molecular weight is 541 g/mol. The Bertz CT molecular complexity index is 1460. The Morgan fingerprint density at radius 2 is 1.70 bits per heavy atom. The van der Waals surface area contributed by atoms with Crippen LogP contribution in [0.5, 0.6) is 0 Å². The Kier molecular flexibility index (Phi) is 7.68. The van der Waals surface area contributed by atoms with Crippen molar-refractivity contribution in [3.63, 3.8) is 0 Å². The van der Waals surface area contributed by atoms with Gasteiger partial charge in [0.05, 0.1) is 28.4 Å². The van der Waals surface area contributed by atoms with Crippen molar-refractivity contribution in [3.8, 4) is 11.4 Å². The normalized spacial score (nSPS) is 17.3. The van der Waals surface area contributed by atoms with Crippen molar-refractivity contribution in [2.45, 2.75) is 57.5 Å². The van der Waals surface area contributed by atoms with Crippen LogP contribution in [0.2, 0.25) is 0 Å². The molecular weight excluding hydrogens is 504 g/mol. The number of amides is 1. The van der Waals surface area contributed by atoms with E-state index < -0.39 is 5.97 Å². The van der Waals surface area contributed by atoms with E-state index in [1.54, 1.807) is 24.7 Å². The van der Waals surface area contributed by atoms with Gasteiger partial charge in [0, 0.05) is 24.7 Å². The second-order valence-electron chi connectivity index (χ2n) is 11.2. The first kappa shape index (κ1) is 26.3. The maximum atomic E-state index is 13.1. The number of fused-ring (bicyclic) bond motifs is 1. The Morgan fingerprint density at radius 3 is 2.40 bits per heavy atom. The predicted octanol–water partition coefficient (Wildman–Crippen LogP) is 6.14. The molecule has 0 radical (unpaired) electrons. The van der Waals surface area contributed by atoms with Crippen LogP contribution in [-0.2, 0) is 6.54 Å². The van der Waals surface area contributed by atoms with Gasteiger partial charge in [0.25, 0.3) is 5.91 Å². The molecule has 2 aromatic carbocycles. The standard InChI is InChI=1S/C32H36N4O4/c37-31(33-19-22-12-15-35(16-13-22)20-23-6-8-24(9-7-23)32(38)39)25-10-11-29-28(18-25)34-30(26-14-17-40-21-26)36(29)27-4-2-1-3-5-27/h6-11,14,17-18,21-22,27H,1-5,12-13,15-16,19-20H2,(H,33,37)(H,38,39). The van der Waals surface area contributed by atoms with E-state index in [0.717, 1.165) is 73.3 Å². The van der Waals surface area contributed by atoms with Gasteiger partial charge in [-0.3, -0.25) is 9.69 Å². The van der Waals surface area contributed by atoms with E-state index in [1.165, 1.54) is 19.3 Å². The number of imidazole rings is 1. The third-order valence-electron chi connectivity index (χ3n) is 8.54. The van der Waals surface area contributed by atoms with Gasteiger partial charge in [0.1, 0.15) is 12.1 Å². The Hall–Kier alpha value is -3.91. The lowest BCUT2D eigenvalue weighted by atomic mass is 9.95. The van der Waals surface area contributed by atoms with Gasteiger partial charge in [-0.25, -0.2) is 9.78 Å². The molecule has 6 rings (SSSR count). The highest BCUT2D eigenvalue weighted by Crippen LogP contribution is 2.36. The van der Waals surface area contributed by atoms with Crippen molar-refractivity contribution in [1.82, 2.24) is 19.8 Å². The van der Waals surface area contributed by atoms with Gasteiger partial charge < -0.3 is 19.4 Å². The molecule has 0 unspecified atom stereocenters. The van der Waals surface area contributed by atoms with E-state index in [0.29, 0.717) is 29.6 Å². The maximum Gasteiger partial charge on any atom is 0.335 e. The molecule has 208 valence electrons. The fourth-order valence-electron chi connectivity index (χ4n) is 6.24. The SMILES string of the molecule is O=C(O)c1ccc(CN2CCC(CNC(=O)c3ccc4c(c3)nc(-c3ccoc3)n4C3CCCCC3)CC2)cc1. The number of rotatable bonds is 8. The first-order chi connectivity index (χ1) is 19.5. The predicted molar refractivity (Wildman–Crippen MR) is 153 cm³/mol. The molecule has 1 saturated heterocycles. The zero-order valence-electron chi connectivity index (χ0n) is 22.7. The number of aromatic carboxylic acids is 1. The largest absolute Gasteiger partial charge is 0.478 e. The lowest BCUT2D eigenvalue weighted by Gasteiger charge is -2.32. The van der Waals surface area contributed by atoms with Gasteiger partial charge in [0.2, 0.25) is 0 Å². The molecule has 0 bridgehead atoms. The van der Waals surface area contributed by atoms with Crippen molar-refractivity contribution < 1.29 is 19.1 Å². The number of hydrogen-bond donors (Lipinski definition) is 2. The van der Waals surface area contributed by atoms with Gasteiger partial charge >= 0.3 is 5.97 Å². The highest BCUT2D eigenvalue weighted by atomic mass is 16.4. The second-order valence-corrected chi connectivity index (χ2v) is 11.2. The molecule has 3 heterocycles. The lowest BCUT2D eigenvalue weighted by Crippen LogP contribution is -2.38. The number of furan rings is 1. The van der Waals surface area contributed by atoms with E-state index in [-0.39, 0.29) is 5.91 Å². The van der Waals surface area contributed by atoms with Gasteiger partial charge in [-0.15, -0.1) is 0 Å². The van der Waals surface area contributed by atoms with E-state index in [1.807, 2.05) is 30.3 Å². The summed E-state index contributed by atoms with van der Waals surface area (Å²) in [6, 6.07) is 15.4. The molecule has 4 aromatic rings. The summed E-state index contributed by atoms with van der Waals surface area (Å²) < 4.78 is 7.72. The van der Waals surface area contributed by atoms with E-state index in [2.05, 4.69) is 20.9 Å². The van der Waals surface area contributed by atoms with Crippen molar-refractivity contribution in [1.29, 1.82) is 0 Å².